The summed E-state index contributed by atoms with van der Waals surface area (Å²) in [7, 11) is 0. The van der Waals surface area contributed by atoms with E-state index in [-0.39, 0.29) is 5.17 Å². The first-order valence-electron chi connectivity index (χ1n) is 4.24. The maximum atomic E-state index is 9.43. The lowest BCUT2D eigenvalue weighted by atomic mass is 10.1. The molecule has 1 aliphatic heterocycles. The Labute approximate surface area is 91.0 Å². The molecule has 0 aromatic carbocycles. The second kappa shape index (κ2) is 5.01. The fraction of sp³-hybridized carbons (Fsp3) is 0.857. The molecular formula is C7H13NO6S. The van der Waals surface area contributed by atoms with Gasteiger partial charge in [-0.3, -0.25) is 0 Å². The minimum Gasteiger partial charge on any atom is -0.438 e. The van der Waals surface area contributed by atoms with Crippen LogP contribution < -0.4 is 5.73 Å². The van der Waals surface area contributed by atoms with Gasteiger partial charge in [0, 0.05) is 0 Å². The van der Waals surface area contributed by atoms with Crippen LogP contribution in [0.3, 0.4) is 0 Å². The maximum absolute atomic E-state index is 9.43. The Morgan fingerprint density at radius 1 is 1.47 bits per heavy atom. The Kier molecular flexibility index (Phi) is 4.20. The van der Waals surface area contributed by atoms with Crippen LogP contribution in [0.2, 0.25) is 0 Å². The molecule has 0 aromatic heterocycles. The van der Waals surface area contributed by atoms with Crippen LogP contribution in [0.1, 0.15) is 0 Å². The van der Waals surface area contributed by atoms with Crippen LogP contribution in [-0.4, -0.2) is 62.9 Å². The Morgan fingerprint density at radius 3 is 2.53 bits per heavy atom. The van der Waals surface area contributed by atoms with Crippen molar-refractivity contribution in [1.29, 1.82) is 0 Å². The van der Waals surface area contributed by atoms with Crippen molar-refractivity contribution in [3.63, 3.8) is 0 Å². The van der Waals surface area contributed by atoms with Crippen molar-refractivity contribution in [2.45, 2.75) is 30.7 Å². The third kappa shape index (κ3) is 2.74. The van der Waals surface area contributed by atoms with E-state index in [0.717, 1.165) is 0 Å². The molecule has 1 saturated heterocycles. The van der Waals surface area contributed by atoms with Gasteiger partial charge in [0.25, 0.3) is 5.17 Å². The smallest absolute Gasteiger partial charge is 0.256 e. The monoisotopic (exact) mass is 239 g/mol. The first-order chi connectivity index (χ1) is 6.97. The highest BCUT2D eigenvalue weighted by molar-refractivity contribution is 7.80. The molecule has 0 radical (unpaired) electrons. The fourth-order valence-electron chi connectivity index (χ4n) is 1.31. The molecular weight excluding hydrogens is 226 g/mol. The lowest BCUT2D eigenvalue weighted by Crippen LogP contribution is -2.40. The maximum Gasteiger partial charge on any atom is 0.256 e. The number of nitrogens with two attached hydrogens (primary N) is 1. The fourth-order valence-corrected chi connectivity index (χ4v) is 1.40. The van der Waals surface area contributed by atoms with E-state index < -0.39 is 37.3 Å². The Morgan fingerprint density at radius 2 is 2.07 bits per heavy atom. The summed E-state index contributed by atoms with van der Waals surface area (Å²) in [5, 5.41) is 36.4. The van der Waals surface area contributed by atoms with Crippen LogP contribution in [0.4, 0.5) is 0 Å². The highest BCUT2D eigenvalue weighted by Crippen LogP contribution is 2.24. The molecule has 1 fully saturated rings. The Hall–Kier alpha value is -0.510. The quantitative estimate of drug-likeness (QED) is 0.331. The molecule has 15 heavy (non-hydrogen) atoms. The molecule has 0 saturated carbocycles. The summed E-state index contributed by atoms with van der Waals surface area (Å²) in [5.74, 6) is 0. The summed E-state index contributed by atoms with van der Waals surface area (Å²) in [6, 6.07) is 0. The normalized spacial score (nSPS) is 37.6. The standard InChI is InChI=1S/C7H13NO6S/c8-7(15)14-6-4(12)3(11)5(13-6)2(10)1-9/h2-6,9-12H,1H2,(H2,8,15)/t2-,3-,4-,5+,6+/m1/s1. The van der Waals surface area contributed by atoms with Gasteiger partial charge in [0.1, 0.15) is 24.4 Å². The zero-order valence-corrected chi connectivity index (χ0v) is 8.50. The number of thiocarbonyl (C=S) groups is 1. The molecule has 1 heterocycles. The van der Waals surface area contributed by atoms with Crippen molar-refractivity contribution in [1.82, 2.24) is 0 Å². The van der Waals surface area contributed by atoms with Crippen LogP contribution in [0, 0.1) is 0 Å². The zero-order valence-electron chi connectivity index (χ0n) is 7.68. The van der Waals surface area contributed by atoms with E-state index in [1.807, 2.05) is 0 Å². The second-order valence-corrected chi connectivity index (χ2v) is 3.54. The van der Waals surface area contributed by atoms with Crippen LogP contribution in [0.25, 0.3) is 0 Å². The van der Waals surface area contributed by atoms with Gasteiger partial charge in [0.2, 0.25) is 6.29 Å². The van der Waals surface area contributed by atoms with Crippen LogP contribution in [0.15, 0.2) is 0 Å². The van der Waals surface area contributed by atoms with Gasteiger partial charge in [-0.2, -0.15) is 0 Å². The minimum absolute atomic E-state index is 0.342. The van der Waals surface area contributed by atoms with E-state index >= 15 is 0 Å². The van der Waals surface area contributed by atoms with Crippen molar-refractivity contribution < 1.29 is 29.9 Å². The summed E-state index contributed by atoms with van der Waals surface area (Å²) >= 11 is 4.43. The van der Waals surface area contributed by atoms with Crippen LogP contribution in [0.5, 0.6) is 0 Å². The van der Waals surface area contributed by atoms with Gasteiger partial charge in [-0.25, -0.2) is 0 Å². The molecule has 5 atom stereocenters. The first-order valence-corrected chi connectivity index (χ1v) is 4.64. The second-order valence-electron chi connectivity index (χ2n) is 3.14. The summed E-state index contributed by atoms with van der Waals surface area (Å²) in [6.07, 6.45) is -6.42. The molecule has 0 aromatic rings. The van der Waals surface area contributed by atoms with E-state index in [1.165, 1.54) is 0 Å². The average molecular weight is 239 g/mol. The van der Waals surface area contributed by atoms with Gasteiger partial charge < -0.3 is 35.6 Å². The van der Waals surface area contributed by atoms with Crippen molar-refractivity contribution >= 4 is 17.4 Å². The number of hydrogen-bond donors (Lipinski definition) is 5. The molecule has 6 N–H and O–H groups in total. The van der Waals surface area contributed by atoms with E-state index in [1.54, 1.807) is 0 Å². The Balaban J connectivity index is 2.62. The van der Waals surface area contributed by atoms with Crippen molar-refractivity contribution in [3.8, 4) is 0 Å². The molecule has 0 spiro atoms. The predicted molar refractivity (Wildman–Crippen MR) is 51.6 cm³/mol. The lowest BCUT2D eigenvalue weighted by molar-refractivity contribution is -0.142. The van der Waals surface area contributed by atoms with Gasteiger partial charge in [-0.15, -0.1) is 0 Å². The molecule has 8 heteroatoms. The van der Waals surface area contributed by atoms with E-state index in [0.29, 0.717) is 0 Å². The van der Waals surface area contributed by atoms with Gasteiger partial charge in [0.05, 0.1) is 6.61 Å². The molecule has 7 nitrogen and oxygen atoms in total. The molecule has 88 valence electrons. The van der Waals surface area contributed by atoms with Gasteiger partial charge >= 0.3 is 0 Å². The largest absolute Gasteiger partial charge is 0.438 e. The van der Waals surface area contributed by atoms with E-state index in [9.17, 15) is 15.3 Å². The number of aliphatic hydroxyl groups excluding tert-OH is 4. The van der Waals surface area contributed by atoms with Gasteiger partial charge in [0.15, 0.2) is 0 Å². The number of hydrogen-bond acceptors (Lipinski definition) is 7. The number of aliphatic hydroxyl groups is 4. The third-order valence-corrected chi connectivity index (χ3v) is 2.15. The highest BCUT2D eigenvalue weighted by Gasteiger charge is 2.47. The number of rotatable bonds is 3. The first kappa shape index (κ1) is 12.6. The molecule has 0 aliphatic carbocycles. The average Bonchev–Trinajstić information content (AvgIpc) is 2.44. The van der Waals surface area contributed by atoms with E-state index in [4.69, 9.17) is 20.3 Å². The zero-order chi connectivity index (χ0) is 11.6. The van der Waals surface area contributed by atoms with Crippen LogP contribution in [-0.2, 0) is 9.47 Å². The summed E-state index contributed by atoms with van der Waals surface area (Å²) in [4.78, 5) is 0. The van der Waals surface area contributed by atoms with Gasteiger partial charge in [-0.05, 0) is 12.2 Å². The van der Waals surface area contributed by atoms with Crippen LogP contribution >= 0.6 is 12.2 Å². The van der Waals surface area contributed by atoms with Crippen molar-refractivity contribution in [2.75, 3.05) is 6.61 Å². The third-order valence-electron chi connectivity index (χ3n) is 2.06. The highest BCUT2D eigenvalue weighted by atomic mass is 32.1. The SMILES string of the molecule is NC(=S)O[C@@H]1O[C@@H]([C@H](O)CO)[C@H](O)[C@H]1O. The number of ether oxygens (including phenoxy) is 2. The Bertz CT molecular complexity index is 240. The topological polar surface area (TPSA) is 125 Å². The summed E-state index contributed by atoms with van der Waals surface area (Å²) in [6.45, 7) is -0.603. The molecule has 0 unspecified atom stereocenters. The molecule has 1 aliphatic rings. The summed E-state index contributed by atoms with van der Waals surface area (Å²) < 4.78 is 9.65. The molecule has 0 amide bonds. The molecule has 1 rings (SSSR count). The summed E-state index contributed by atoms with van der Waals surface area (Å²) in [5.41, 5.74) is 5.06. The minimum atomic E-state index is -1.38. The lowest BCUT2D eigenvalue weighted by Gasteiger charge is -2.18. The van der Waals surface area contributed by atoms with Crippen molar-refractivity contribution in [2.24, 2.45) is 5.73 Å². The van der Waals surface area contributed by atoms with Gasteiger partial charge in [-0.1, -0.05) is 0 Å². The van der Waals surface area contributed by atoms with E-state index in [2.05, 4.69) is 12.2 Å². The molecule has 0 bridgehead atoms. The predicted octanol–water partition coefficient (Wildman–Crippen LogP) is -2.95. The van der Waals surface area contributed by atoms with Crippen molar-refractivity contribution in [3.05, 3.63) is 0 Å².